The number of rotatable bonds is 39. The maximum absolute atomic E-state index is 12.6. The molecule has 0 aromatic carbocycles. The Bertz CT molecular complexity index is 1100. The molecule has 0 aromatic rings. The molecule has 318 valence electrons. The molecule has 55 heavy (non-hydrogen) atoms. The van der Waals surface area contributed by atoms with E-state index in [0.29, 0.717) is 12.8 Å². The van der Waals surface area contributed by atoms with Crippen LogP contribution in [0.15, 0.2) is 60.8 Å². The van der Waals surface area contributed by atoms with Crippen LogP contribution in [0, 0.1) is 0 Å². The van der Waals surface area contributed by atoms with Crippen LogP contribution in [0.25, 0.3) is 0 Å². The van der Waals surface area contributed by atoms with Crippen molar-refractivity contribution in [2.75, 3.05) is 26.4 Å². The standard InChI is InChI=1S/C44H77O10P/c1-3-5-7-9-11-13-15-17-19-20-22-23-25-27-29-31-33-35-43(47)51-39-42(40-53-55(49,50)52-38-41(46)37-45)54-44(48)36-34-32-30-28-26-24-21-18-16-14-12-10-8-6-4-2/h7,9,13,15,18-21,23,25,41-42,45-46H,3-6,8,10-12,14,16-17,22,24,26-40H2,1-2H3,(H,49,50)/b9-7+,15-13+,20-19+,21-18+,25-23+/t41-,42+/m0/s1. The zero-order valence-electron chi connectivity index (χ0n) is 34.4. The molecular formula is C44H77O10P. The van der Waals surface area contributed by atoms with E-state index in [1.54, 1.807) is 0 Å². The number of hydrogen-bond acceptors (Lipinski definition) is 9. The highest BCUT2D eigenvalue weighted by molar-refractivity contribution is 7.47. The highest BCUT2D eigenvalue weighted by Gasteiger charge is 2.27. The number of unbranched alkanes of at least 4 members (excludes halogenated alkanes) is 15. The lowest BCUT2D eigenvalue weighted by Gasteiger charge is -2.20. The summed E-state index contributed by atoms with van der Waals surface area (Å²) in [6.07, 6.45) is 43.2. The van der Waals surface area contributed by atoms with Gasteiger partial charge in [0.2, 0.25) is 0 Å². The molecule has 0 bridgehead atoms. The monoisotopic (exact) mass is 797 g/mol. The summed E-state index contributed by atoms with van der Waals surface area (Å²) in [6, 6.07) is 0. The highest BCUT2D eigenvalue weighted by atomic mass is 31.2. The molecular weight excluding hydrogens is 719 g/mol. The molecule has 3 atom stereocenters. The van der Waals surface area contributed by atoms with Gasteiger partial charge in [0.25, 0.3) is 0 Å². The van der Waals surface area contributed by atoms with Crippen LogP contribution in [0.2, 0.25) is 0 Å². The molecule has 0 rings (SSSR count). The van der Waals surface area contributed by atoms with Crippen LogP contribution in [0.3, 0.4) is 0 Å². The SMILES string of the molecule is CCC/C=C/C/C=C/C/C=C/C/C=C/CCCCCC(=O)OC[C@H](COP(=O)(O)OC[C@@H](O)CO)OC(=O)CCCCCCC/C=C/CCCCCCCC. The van der Waals surface area contributed by atoms with E-state index in [-0.39, 0.29) is 19.4 Å². The summed E-state index contributed by atoms with van der Waals surface area (Å²) >= 11 is 0. The molecule has 11 heteroatoms. The maximum atomic E-state index is 12.6. The van der Waals surface area contributed by atoms with Gasteiger partial charge in [-0.15, -0.1) is 0 Å². The fourth-order valence-corrected chi connectivity index (χ4v) is 6.12. The van der Waals surface area contributed by atoms with Crippen molar-refractivity contribution in [1.29, 1.82) is 0 Å². The Morgan fingerprint density at radius 2 is 0.982 bits per heavy atom. The number of phosphoric acid groups is 1. The van der Waals surface area contributed by atoms with Crippen LogP contribution >= 0.6 is 7.82 Å². The highest BCUT2D eigenvalue weighted by Crippen LogP contribution is 2.43. The zero-order chi connectivity index (χ0) is 40.5. The topological polar surface area (TPSA) is 149 Å². The largest absolute Gasteiger partial charge is 0.472 e. The van der Waals surface area contributed by atoms with E-state index in [1.165, 1.54) is 44.9 Å². The van der Waals surface area contributed by atoms with Crippen LogP contribution < -0.4 is 0 Å². The summed E-state index contributed by atoms with van der Waals surface area (Å²) in [6.45, 7) is 2.25. The van der Waals surface area contributed by atoms with Gasteiger partial charge in [-0.2, -0.15) is 0 Å². The molecule has 0 aliphatic heterocycles. The van der Waals surface area contributed by atoms with Crippen LogP contribution in [0.4, 0.5) is 0 Å². The van der Waals surface area contributed by atoms with E-state index in [9.17, 15) is 24.2 Å². The maximum Gasteiger partial charge on any atom is 0.472 e. The van der Waals surface area contributed by atoms with Crippen molar-refractivity contribution in [2.24, 2.45) is 0 Å². The van der Waals surface area contributed by atoms with Gasteiger partial charge in [0.15, 0.2) is 6.10 Å². The molecule has 0 aliphatic carbocycles. The first kappa shape index (κ1) is 52.7. The van der Waals surface area contributed by atoms with Crippen molar-refractivity contribution >= 4 is 19.8 Å². The first-order valence-corrected chi connectivity index (χ1v) is 22.7. The molecule has 0 heterocycles. The molecule has 1 unspecified atom stereocenters. The molecule has 0 fully saturated rings. The zero-order valence-corrected chi connectivity index (χ0v) is 35.3. The smallest absolute Gasteiger partial charge is 0.462 e. The number of aliphatic hydroxyl groups is 2. The fourth-order valence-electron chi connectivity index (χ4n) is 5.33. The molecule has 10 nitrogen and oxygen atoms in total. The summed E-state index contributed by atoms with van der Waals surface area (Å²) in [5.41, 5.74) is 0. The Hall–Kier alpha value is -2.33. The Kier molecular flexibility index (Phi) is 38.2. The van der Waals surface area contributed by atoms with E-state index in [1.807, 2.05) is 0 Å². The van der Waals surface area contributed by atoms with Gasteiger partial charge in [0, 0.05) is 12.8 Å². The normalized spacial score (nSPS) is 14.5. The molecule has 0 aliphatic rings. The number of carbonyl (C=O) groups excluding carboxylic acids is 2. The number of aliphatic hydroxyl groups excluding tert-OH is 2. The summed E-state index contributed by atoms with van der Waals surface area (Å²) in [4.78, 5) is 34.9. The van der Waals surface area contributed by atoms with Gasteiger partial charge in [0.1, 0.15) is 12.7 Å². The second kappa shape index (κ2) is 39.9. The van der Waals surface area contributed by atoms with Gasteiger partial charge < -0.3 is 24.6 Å². The van der Waals surface area contributed by atoms with E-state index < -0.39 is 51.8 Å². The quantitative estimate of drug-likeness (QED) is 0.0237. The third-order valence-electron chi connectivity index (χ3n) is 8.63. The van der Waals surface area contributed by atoms with Crippen molar-refractivity contribution in [3.05, 3.63) is 60.8 Å². The van der Waals surface area contributed by atoms with Gasteiger partial charge in [-0.3, -0.25) is 18.6 Å². The van der Waals surface area contributed by atoms with Crippen LogP contribution in [-0.4, -0.2) is 65.7 Å². The first-order valence-electron chi connectivity index (χ1n) is 21.2. The summed E-state index contributed by atoms with van der Waals surface area (Å²) in [7, 11) is -4.63. The van der Waals surface area contributed by atoms with E-state index >= 15 is 0 Å². The summed E-state index contributed by atoms with van der Waals surface area (Å²) in [5, 5.41) is 18.3. The molecule has 0 saturated carbocycles. The second-order valence-corrected chi connectivity index (χ2v) is 15.5. The first-order chi connectivity index (χ1) is 26.7. The Morgan fingerprint density at radius 3 is 1.53 bits per heavy atom. The number of carbonyl (C=O) groups is 2. The second-order valence-electron chi connectivity index (χ2n) is 14.0. The number of allylic oxidation sites excluding steroid dienone is 10. The lowest BCUT2D eigenvalue weighted by Crippen LogP contribution is -2.29. The van der Waals surface area contributed by atoms with Crippen molar-refractivity contribution < 1.29 is 47.8 Å². The van der Waals surface area contributed by atoms with Crippen molar-refractivity contribution in [1.82, 2.24) is 0 Å². The number of ether oxygens (including phenoxy) is 2. The average molecular weight is 797 g/mol. The van der Waals surface area contributed by atoms with Crippen LogP contribution in [-0.2, 0) is 32.7 Å². The van der Waals surface area contributed by atoms with Gasteiger partial charge in [-0.25, -0.2) is 4.57 Å². The Morgan fingerprint density at radius 1 is 0.545 bits per heavy atom. The Labute approximate surface area is 334 Å². The van der Waals surface area contributed by atoms with Gasteiger partial charge in [-0.1, -0.05) is 139 Å². The number of phosphoric ester groups is 1. The van der Waals surface area contributed by atoms with E-state index in [4.69, 9.17) is 19.1 Å². The summed E-state index contributed by atoms with van der Waals surface area (Å²) < 4.78 is 32.6. The Balaban J connectivity index is 4.39. The van der Waals surface area contributed by atoms with E-state index in [2.05, 4.69) is 79.1 Å². The van der Waals surface area contributed by atoms with Gasteiger partial charge in [-0.05, 0) is 77.0 Å². The minimum Gasteiger partial charge on any atom is -0.462 e. The van der Waals surface area contributed by atoms with Gasteiger partial charge >= 0.3 is 19.8 Å². The molecule has 0 amide bonds. The third-order valence-corrected chi connectivity index (χ3v) is 9.58. The van der Waals surface area contributed by atoms with Crippen LogP contribution in [0.5, 0.6) is 0 Å². The molecule has 0 aromatic heterocycles. The average Bonchev–Trinajstić information content (AvgIpc) is 3.17. The van der Waals surface area contributed by atoms with Crippen LogP contribution in [0.1, 0.15) is 168 Å². The van der Waals surface area contributed by atoms with Gasteiger partial charge in [0.05, 0.1) is 19.8 Å². The predicted octanol–water partition coefficient (Wildman–Crippen LogP) is 11.1. The van der Waals surface area contributed by atoms with Crippen molar-refractivity contribution in [3.8, 4) is 0 Å². The van der Waals surface area contributed by atoms with E-state index in [0.717, 1.165) is 83.5 Å². The predicted molar refractivity (Wildman–Crippen MR) is 224 cm³/mol. The molecule has 0 spiro atoms. The molecule has 0 radical (unpaired) electrons. The molecule has 3 N–H and O–H groups in total. The molecule has 0 saturated heterocycles. The lowest BCUT2D eigenvalue weighted by atomic mass is 10.1. The fraction of sp³-hybridized carbons (Fsp3) is 0.727. The lowest BCUT2D eigenvalue weighted by molar-refractivity contribution is -0.161. The third kappa shape index (κ3) is 39.7. The summed E-state index contributed by atoms with van der Waals surface area (Å²) in [5.74, 6) is -0.975. The number of esters is 2. The number of hydrogen-bond donors (Lipinski definition) is 3. The van der Waals surface area contributed by atoms with Crippen molar-refractivity contribution in [3.63, 3.8) is 0 Å². The van der Waals surface area contributed by atoms with Crippen molar-refractivity contribution in [2.45, 2.75) is 180 Å². The minimum absolute atomic E-state index is 0.165. The minimum atomic E-state index is -4.63.